The van der Waals surface area contributed by atoms with E-state index in [2.05, 4.69) is 13.8 Å². The van der Waals surface area contributed by atoms with Crippen molar-refractivity contribution >= 4 is 17.3 Å². The quantitative estimate of drug-likeness (QED) is 0.750. The summed E-state index contributed by atoms with van der Waals surface area (Å²) in [5.41, 5.74) is 4.84. The summed E-state index contributed by atoms with van der Waals surface area (Å²) < 4.78 is 5.30. The topological polar surface area (TPSA) is 55.7 Å². The highest BCUT2D eigenvalue weighted by molar-refractivity contribution is 6.30. The number of fused-ring (bicyclic) bond motifs is 3. The third kappa shape index (κ3) is 2.70. The number of allylic oxidation sites excluding steroid dienone is 2. The van der Waals surface area contributed by atoms with E-state index in [9.17, 15) is 9.59 Å². The lowest BCUT2D eigenvalue weighted by molar-refractivity contribution is -0.118. The summed E-state index contributed by atoms with van der Waals surface area (Å²) in [5.74, 6) is 0.189. The lowest BCUT2D eigenvalue weighted by atomic mass is 9.66. The fourth-order valence-electron chi connectivity index (χ4n) is 5.06. The zero-order valence-corrected chi connectivity index (χ0v) is 16.9. The highest BCUT2D eigenvalue weighted by atomic mass is 16.5. The fourth-order valence-corrected chi connectivity index (χ4v) is 5.06. The molecule has 0 radical (unpaired) electrons. The molecule has 4 nitrogen and oxygen atoms in total. The standard InChI is InChI=1S/C25H23NO3/c1-25(2)12-18-21(19(27)13-25)20(14-8-10-15(29-3)11-9-14)22-23(26-18)16-6-4-5-7-17(16)24(22)28/h4-11,20,22H,12-13H2,1-3H3/t20-,22-/m0/s1. The number of rotatable bonds is 2. The lowest BCUT2D eigenvalue weighted by Crippen LogP contribution is -2.37. The van der Waals surface area contributed by atoms with Gasteiger partial charge in [-0.3, -0.25) is 14.6 Å². The number of aliphatic imine (C=N–C) groups is 1. The van der Waals surface area contributed by atoms with Gasteiger partial charge in [-0.15, -0.1) is 0 Å². The molecule has 0 unspecified atom stereocenters. The maximum Gasteiger partial charge on any atom is 0.173 e. The summed E-state index contributed by atoms with van der Waals surface area (Å²) in [6.45, 7) is 4.22. The van der Waals surface area contributed by atoms with Gasteiger partial charge < -0.3 is 4.74 Å². The third-order valence-corrected chi connectivity index (χ3v) is 6.32. The van der Waals surface area contributed by atoms with Gasteiger partial charge in [0, 0.05) is 34.7 Å². The van der Waals surface area contributed by atoms with Crippen LogP contribution < -0.4 is 4.74 Å². The minimum Gasteiger partial charge on any atom is -0.497 e. The molecule has 3 aliphatic rings. The van der Waals surface area contributed by atoms with Gasteiger partial charge in [-0.1, -0.05) is 50.2 Å². The van der Waals surface area contributed by atoms with Gasteiger partial charge in [0.1, 0.15) is 5.75 Å². The van der Waals surface area contributed by atoms with Crippen LogP contribution in [0, 0.1) is 11.3 Å². The Morgan fingerprint density at radius 3 is 2.31 bits per heavy atom. The second kappa shape index (κ2) is 6.24. The summed E-state index contributed by atoms with van der Waals surface area (Å²) in [7, 11) is 1.63. The molecule has 1 heterocycles. The zero-order chi connectivity index (χ0) is 20.3. The van der Waals surface area contributed by atoms with Crippen molar-refractivity contribution in [1.82, 2.24) is 0 Å². The van der Waals surface area contributed by atoms with Gasteiger partial charge in [0.25, 0.3) is 0 Å². The van der Waals surface area contributed by atoms with Gasteiger partial charge in [0.2, 0.25) is 0 Å². The number of nitrogens with zero attached hydrogens (tertiary/aromatic N) is 1. The number of hydrogen-bond acceptors (Lipinski definition) is 4. The number of carbonyl (C=O) groups is 2. The first-order chi connectivity index (χ1) is 13.9. The Kier molecular flexibility index (Phi) is 3.89. The average Bonchev–Trinajstić information content (AvgIpc) is 2.98. The minimum atomic E-state index is -0.440. The number of Topliss-reactive ketones (excluding diaryl/α,β-unsaturated/α-hetero) is 2. The summed E-state index contributed by atoms with van der Waals surface area (Å²) >= 11 is 0. The van der Waals surface area contributed by atoms with Gasteiger partial charge in [-0.05, 0) is 29.5 Å². The molecule has 4 heteroatoms. The molecule has 0 spiro atoms. The molecule has 2 aliphatic carbocycles. The molecular weight excluding hydrogens is 362 g/mol. The lowest BCUT2D eigenvalue weighted by Gasteiger charge is -2.38. The molecule has 0 N–H and O–H groups in total. The van der Waals surface area contributed by atoms with Crippen LogP contribution in [-0.4, -0.2) is 24.4 Å². The van der Waals surface area contributed by atoms with E-state index in [0.29, 0.717) is 12.0 Å². The van der Waals surface area contributed by atoms with Crippen LogP contribution in [0.2, 0.25) is 0 Å². The summed E-state index contributed by atoms with van der Waals surface area (Å²) in [4.78, 5) is 31.6. The summed E-state index contributed by atoms with van der Waals surface area (Å²) in [5, 5.41) is 0. The number of benzene rings is 2. The van der Waals surface area contributed by atoms with Crippen molar-refractivity contribution in [1.29, 1.82) is 0 Å². The van der Waals surface area contributed by atoms with E-state index in [1.54, 1.807) is 7.11 Å². The van der Waals surface area contributed by atoms with Crippen LogP contribution in [-0.2, 0) is 4.79 Å². The molecule has 0 aromatic heterocycles. The van der Waals surface area contributed by atoms with E-state index in [1.165, 1.54) is 0 Å². The Morgan fingerprint density at radius 1 is 0.931 bits per heavy atom. The molecule has 146 valence electrons. The second-order valence-electron chi connectivity index (χ2n) is 8.94. The third-order valence-electron chi connectivity index (χ3n) is 6.32. The first-order valence-corrected chi connectivity index (χ1v) is 10.0. The molecule has 0 saturated carbocycles. The van der Waals surface area contributed by atoms with E-state index in [4.69, 9.17) is 9.73 Å². The Morgan fingerprint density at radius 2 is 1.62 bits per heavy atom. The minimum absolute atomic E-state index is 0.0596. The predicted molar refractivity (Wildman–Crippen MR) is 112 cm³/mol. The van der Waals surface area contributed by atoms with Crippen molar-refractivity contribution in [2.75, 3.05) is 7.11 Å². The highest BCUT2D eigenvalue weighted by Gasteiger charge is 2.50. The molecule has 0 bridgehead atoms. The van der Waals surface area contributed by atoms with Crippen LogP contribution in [0.15, 0.2) is 64.8 Å². The molecule has 2 aromatic rings. The largest absolute Gasteiger partial charge is 0.497 e. The van der Waals surface area contributed by atoms with Gasteiger partial charge in [0.05, 0.1) is 18.7 Å². The Labute approximate surface area is 170 Å². The van der Waals surface area contributed by atoms with Crippen LogP contribution in [0.25, 0.3) is 0 Å². The average molecular weight is 385 g/mol. The Balaban J connectivity index is 1.74. The highest BCUT2D eigenvalue weighted by Crippen LogP contribution is 2.51. The molecule has 2 atom stereocenters. The van der Waals surface area contributed by atoms with Crippen LogP contribution in [0.1, 0.15) is 54.1 Å². The Hall–Kier alpha value is -3.01. The van der Waals surface area contributed by atoms with Crippen molar-refractivity contribution in [2.45, 2.75) is 32.6 Å². The summed E-state index contributed by atoms with van der Waals surface area (Å²) in [6.07, 6.45) is 1.23. The van der Waals surface area contributed by atoms with Crippen molar-refractivity contribution in [2.24, 2.45) is 16.3 Å². The normalized spacial score (nSPS) is 24.6. The predicted octanol–water partition coefficient (Wildman–Crippen LogP) is 4.74. The van der Waals surface area contributed by atoms with E-state index < -0.39 is 5.92 Å². The van der Waals surface area contributed by atoms with E-state index in [1.807, 2.05) is 48.5 Å². The smallest absolute Gasteiger partial charge is 0.173 e. The maximum atomic E-state index is 13.4. The van der Waals surface area contributed by atoms with Crippen LogP contribution in [0.3, 0.4) is 0 Å². The fraction of sp³-hybridized carbons (Fsp3) is 0.320. The molecule has 2 aromatic carbocycles. The number of ether oxygens (including phenoxy) is 1. The van der Waals surface area contributed by atoms with Crippen molar-refractivity contribution in [3.8, 4) is 5.75 Å². The van der Waals surface area contributed by atoms with E-state index in [-0.39, 0.29) is 22.9 Å². The van der Waals surface area contributed by atoms with E-state index >= 15 is 0 Å². The molecular formula is C25H23NO3. The van der Waals surface area contributed by atoms with Gasteiger partial charge >= 0.3 is 0 Å². The first-order valence-electron chi connectivity index (χ1n) is 10.0. The van der Waals surface area contributed by atoms with E-state index in [0.717, 1.165) is 40.3 Å². The zero-order valence-electron chi connectivity index (χ0n) is 16.9. The summed E-state index contributed by atoms with van der Waals surface area (Å²) in [6, 6.07) is 15.4. The number of carbonyl (C=O) groups excluding carboxylic acids is 2. The van der Waals surface area contributed by atoms with Crippen molar-refractivity contribution < 1.29 is 14.3 Å². The van der Waals surface area contributed by atoms with Crippen LogP contribution in [0.4, 0.5) is 0 Å². The van der Waals surface area contributed by atoms with Gasteiger partial charge in [-0.25, -0.2) is 0 Å². The van der Waals surface area contributed by atoms with Crippen LogP contribution in [0.5, 0.6) is 5.75 Å². The molecule has 5 rings (SSSR count). The Bertz CT molecular complexity index is 1110. The first kappa shape index (κ1) is 18.0. The SMILES string of the molecule is COc1ccc([C@H]2C3=C(CC(C)(C)CC3=O)N=C3c4ccccc4C(=O)[C@H]32)cc1. The van der Waals surface area contributed by atoms with Crippen LogP contribution >= 0.6 is 0 Å². The number of ketones is 2. The molecule has 1 aliphatic heterocycles. The van der Waals surface area contributed by atoms with Gasteiger partial charge in [-0.2, -0.15) is 0 Å². The molecule has 0 saturated heterocycles. The van der Waals surface area contributed by atoms with Crippen molar-refractivity contribution in [3.63, 3.8) is 0 Å². The van der Waals surface area contributed by atoms with Gasteiger partial charge in [0.15, 0.2) is 11.6 Å². The molecule has 0 fully saturated rings. The second-order valence-corrected chi connectivity index (χ2v) is 8.94. The number of hydrogen-bond donors (Lipinski definition) is 0. The monoisotopic (exact) mass is 385 g/mol. The number of methoxy groups -OCH3 is 1. The molecule has 0 amide bonds. The maximum absolute atomic E-state index is 13.4. The molecule has 29 heavy (non-hydrogen) atoms. The van der Waals surface area contributed by atoms with Crippen molar-refractivity contribution in [3.05, 3.63) is 76.5 Å².